The van der Waals surface area contributed by atoms with E-state index < -0.39 is 10.1 Å². The molecule has 0 unspecified atom stereocenters. The van der Waals surface area contributed by atoms with Crippen molar-refractivity contribution < 1.29 is 64.4 Å². The summed E-state index contributed by atoms with van der Waals surface area (Å²) in [6.07, 6.45) is 33.9. The van der Waals surface area contributed by atoms with E-state index in [0.29, 0.717) is 0 Å². The molecule has 0 spiro atoms. The predicted octanol–water partition coefficient (Wildman–Crippen LogP) is 9.24. The Morgan fingerprint density at radius 3 is 1.14 bits per heavy atom. The molecule has 0 fully saturated rings. The molecule has 2 rings (SSSR count). The Kier molecular flexibility index (Phi) is 25.3. The van der Waals surface area contributed by atoms with Crippen molar-refractivity contribution in [2.24, 2.45) is 0 Å². The molecule has 0 heterocycles. The molecule has 0 N–H and O–H groups in total. The minimum Gasteiger partial charge on any atom is -0.744 e. The first kappa shape index (κ1) is 41.3. The van der Waals surface area contributed by atoms with E-state index in [0.717, 1.165) is 36.5 Å². The Morgan fingerprint density at radius 1 is 0.465 bits per heavy atom. The van der Waals surface area contributed by atoms with Gasteiger partial charge in [0.25, 0.3) is 0 Å². The summed E-state index contributed by atoms with van der Waals surface area (Å²) in [6, 6.07) is 9.46. The van der Waals surface area contributed by atoms with Crippen LogP contribution in [0.5, 0.6) is 0 Å². The van der Waals surface area contributed by atoms with Crippen molar-refractivity contribution in [1.82, 2.24) is 0 Å². The molecule has 0 aliphatic carbocycles. The molecule has 0 aromatic heterocycles. The normalized spacial score (nSPS) is 11.7. The van der Waals surface area contributed by atoms with Crippen molar-refractivity contribution in [1.29, 1.82) is 0 Å². The van der Waals surface area contributed by atoms with Gasteiger partial charge in [-0.2, -0.15) is 0 Å². The molecule has 43 heavy (non-hydrogen) atoms. The van der Waals surface area contributed by atoms with Crippen LogP contribution in [-0.4, -0.2) is 13.0 Å². The summed E-state index contributed by atoms with van der Waals surface area (Å²) in [5.41, 5.74) is 2.46. The van der Waals surface area contributed by atoms with Gasteiger partial charge >= 0.3 is 51.4 Å². The fraction of sp³-hybridized carbons (Fsp3) is 0.737. The van der Waals surface area contributed by atoms with Crippen LogP contribution in [0.15, 0.2) is 35.2 Å². The van der Waals surface area contributed by atoms with Crippen LogP contribution in [-0.2, 0) is 23.0 Å². The maximum absolute atomic E-state index is 11.8. The van der Waals surface area contributed by atoms with E-state index in [-0.39, 0.29) is 56.3 Å². The minimum absolute atomic E-state index is 0. The monoisotopic (exact) mass is 638 g/mol. The van der Waals surface area contributed by atoms with Gasteiger partial charge in [0.15, 0.2) is 0 Å². The first-order chi connectivity index (χ1) is 20.5. The van der Waals surface area contributed by atoms with Gasteiger partial charge in [-0.15, -0.1) is 0 Å². The van der Waals surface area contributed by atoms with Crippen LogP contribution in [0.3, 0.4) is 0 Å². The van der Waals surface area contributed by atoms with Gasteiger partial charge in [0.1, 0.15) is 10.1 Å². The summed E-state index contributed by atoms with van der Waals surface area (Å²) in [7, 11) is -4.46. The third-order valence-corrected chi connectivity index (χ3v) is 9.89. The number of fused-ring (bicyclic) bond motifs is 1. The summed E-state index contributed by atoms with van der Waals surface area (Å²) >= 11 is 0. The predicted molar refractivity (Wildman–Crippen MR) is 181 cm³/mol. The van der Waals surface area contributed by atoms with Crippen LogP contribution in [0.1, 0.15) is 179 Å². The van der Waals surface area contributed by atoms with Gasteiger partial charge in [-0.1, -0.05) is 173 Å². The van der Waals surface area contributed by atoms with Gasteiger partial charge in [0, 0.05) is 0 Å². The van der Waals surface area contributed by atoms with E-state index in [2.05, 4.69) is 26.0 Å². The van der Waals surface area contributed by atoms with Crippen LogP contribution in [0.25, 0.3) is 10.8 Å². The molecule has 0 bridgehead atoms. The van der Waals surface area contributed by atoms with E-state index in [1.54, 1.807) is 6.07 Å². The van der Waals surface area contributed by atoms with Crippen molar-refractivity contribution in [2.45, 2.75) is 186 Å². The maximum atomic E-state index is 11.8. The van der Waals surface area contributed by atoms with Crippen LogP contribution < -0.4 is 51.4 Å². The van der Waals surface area contributed by atoms with Crippen molar-refractivity contribution in [3.8, 4) is 0 Å². The first-order valence-corrected chi connectivity index (χ1v) is 19.4. The third kappa shape index (κ3) is 18.9. The molecular weight excluding hydrogens is 576 g/mol. The third-order valence-electron chi connectivity index (χ3n) is 9.06. The average Bonchev–Trinajstić information content (AvgIpc) is 2.98. The van der Waals surface area contributed by atoms with Crippen molar-refractivity contribution in [2.75, 3.05) is 0 Å². The zero-order chi connectivity index (χ0) is 30.3. The second-order valence-electron chi connectivity index (χ2n) is 12.8. The van der Waals surface area contributed by atoms with Gasteiger partial charge in [-0.25, -0.2) is 8.42 Å². The Bertz CT molecular complexity index is 1070. The van der Waals surface area contributed by atoms with E-state index >= 15 is 0 Å². The Hall–Kier alpha value is 0.246. The quantitative estimate of drug-likeness (QED) is 0.0557. The molecular formula is C38H63KO3S. The molecule has 0 saturated heterocycles. The zero-order valence-electron chi connectivity index (χ0n) is 28.4. The fourth-order valence-corrected chi connectivity index (χ4v) is 6.85. The van der Waals surface area contributed by atoms with Crippen LogP contribution in [0.4, 0.5) is 0 Å². The molecule has 0 atom stereocenters. The SMILES string of the molecule is CCCCCCCCCCCCCCc1ccc(CCCCCCCCCCCCCC)c2cc(S(=O)(=O)[O-])ccc12.[K+]. The number of benzene rings is 2. The van der Waals surface area contributed by atoms with E-state index in [9.17, 15) is 13.0 Å². The molecule has 240 valence electrons. The Balaban J connectivity index is 0.00000924. The Labute approximate surface area is 309 Å². The van der Waals surface area contributed by atoms with E-state index in [4.69, 9.17) is 0 Å². The van der Waals surface area contributed by atoms with Crippen LogP contribution >= 0.6 is 0 Å². The van der Waals surface area contributed by atoms with E-state index in [1.165, 1.54) is 158 Å². The van der Waals surface area contributed by atoms with Gasteiger partial charge in [0.2, 0.25) is 0 Å². The molecule has 0 aliphatic heterocycles. The second-order valence-corrected chi connectivity index (χ2v) is 14.2. The number of aryl methyl sites for hydroxylation is 2. The molecule has 2 aromatic carbocycles. The smallest absolute Gasteiger partial charge is 0.744 e. The number of rotatable bonds is 27. The summed E-state index contributed by atoms with van der Waals surface area (Å²) in [5.74, 6) is 0. The minimum atomic E-state index is -4.46. The molecule has 0 amide bonds. The molecule has 0 radical (unpaired) electrons. The topological polar surface area (TPSA) is 57.2 Å². The van der Waals surface area contributed by atoms with Gasteiger partial charge in [0.05, 0.1) is 4.90 Å². The Morgan fingerprint density at radius 2 is 0.791 bits per heavy atom. The van der Waals surface area contributed by atoms with Crippen LogP contribution in [0.2, 0.25) is 0 Å². The van der Waals surface area contributed by atoms with Crippen molar-refractivity contribution >= 4 is 20.9 Å². The standard InChI is InChI=1S/C38H64O3S.K/c1-3-5-7-9-11-13-15-17-19-21-23-25-27-34-29-30-35(38-33-36(42(39,40)41)31-32-37(34)38)28-26-24-22-20-18-16-14-12-10-8-6-4-2;/h29-33H,3-28H2,1-2H3,(H,39,40,41);/q;+1/p-1. The summed E-state index contributed by atoms with van der Waals surface area (Å²) in [6.45, 7) is 4.54. The average molecular weight is 639 g/mol. The van der Waals surface area contributed by atoms with Gasteiger partial charge in [-0.3, -0.25) is 0 Å². The van der Waals surface area contributed by atoms with Crippen molar-refractivity contribution in [3.05, 3.63) is 41.5 Å². The first-order valence-electron chi connectivity index (χ1n) is 18.0. The zero-order valence-corrected chi connectivity index (χ0v) is 32.3. The molecule has 5 heteroatoms. The number of unbranched alkanes of at least 4 members (excludes halogenated alkanes) is 22. The largest absolute Gasteiger partial charge is 1.00 e. The maximum Gasteiger partial charge on any atom is 1.00 e. The summed E-state index contributed by atoms with van der Waals surface area (Å²) in [5, 5.41) is 2.09. The fourth-order valence-electron chi connectivity index (χ4n) is 6.35. The number of hydrogen-bond donors (Lipinski definition) is 0. The molecule has 0 aliphatic rings. The summed E-state index contributed by atoms with van der Waals surface area (Å²) < 4.78 is 35.4. The van der Waals surface area contributed by atoms with Gasteiger partial charge < -0.3 is 4.55 Å². The molecule has 2 aromatic rings. The summed E-state index contributed by atoms with van der Waals surface area (Å²) in [4.78, 5) is -0.103. The second kappa shape index (κ2) is 26.3. The number of hydrogen-bond acceptors (Lipinski definition) is 3. The van der Waals surface area contributed by atoms with Gasteiger partial charge in [-0.05, 0) is 59.7 Å². The van der Waals surface area contributed by atoms with Crippen LogP contribution in [0, 0.1) is 0 Å². The molecule has 0 saturated carbocycles. The van der Waals surface area contributed by atoms with E-state index in [1.807, 2.05) is 6.07 Å². The molecule has 3 nitrogen and oxygen atoms in total. The van der Waals surface area contributed by atoms with Crippen molar-refractivity contribution in [3.63, 3.8) is 0 Å².